The van der Waals surface area contributed by atoms with Crippen LogP contribution >= 0.6 is 0 Å². The SMILES string of the molecule is CC(C)NS(=O)(=O)c1ccc(NC(=O)c2n[nH]c(=O)c3ccccc23)cc1. The summed E-state index contributed by atoms with van der Waals surface area (Å²) >= 11 is 0. The maximum absolute atomic E-state index is 12.5. The topological polar surface area (TPSA) is 121 Å². The number of benzene rings is 2. The van der Waals surface area contributed by atoms with E-state index in [-0.39, 0.29) is 22.2 Å². The Morgan fingerprint density at radius 1 is 1.04 bits per heavy atom. The number of carbonyl (C=O) groups excluding carboxylic acids is 1. The summed E-state index contributed by atoms with van der Waals surface area (Å²) in [5.41, 5.74) is 0.0957. The highest BCUT2D eigenvalue weighted by atomic mass is 32.2. The number of aromatic amines is 1. The predicted octanol–water partition coefficient (Wildman–Crippen LogP) is 1.86. The van der Waals surface area contributed by atoms with Crippen LogP contribution in [-0.4, -0.2) is 30.6 Å². The van der Waals surface area contributed by atoms with E-state index in [0.717, 1.165) is 0 Å². The van der Waals surface area contributed by atoms with Gasteiger partial charge in [-0.1, -0.05) is 18.2 Å². The highest BCUT2D eigenvalue weighted by Gasteiger charge is 2.17. The van der Waals surface area contributed by atoms with Crippen molar-refractivity contribution in [1.82, 2.24) is 14.9 Å². The van der Waals surface area contributed by atoms with Crippen molar-refractivity contribution in [2.75, 3.05) is 5.32 Å². The molecular formula is C18H18N4O4S. The van der Waals surface area contributed by atoms with E-state index in [9.17, 15) is 18.0 Å². The molecule has 8 nitrogen and oxygen atoms in total. The molecule has 3 rings (SSSR count). The fourth-order valence-corrected chi connectivity index (χ4v) is 3.82. The van der Waals surface area contributed by atoms with Gasteiger partial charge in [0.25, 0.3) is 11.5 Å². The molecule has 3 N–H and O–H groups in total. The summed E-state index contributed by atoms with van der Waals surface area (Å²) in [5, 5.41) is 9.58. The number of fused-ring (bicyclic) bond motifs is 1. The van der Waals surface area contributed by atoms with E-state index in [1.165, 1.54) is 24.3 Å². The first-order valence-corrected chi connectivity index (χ1v) is 9.67. The van der Waals surface area contributed by atoms with Crippen molar-refractivity contribution in [3.8, 4) is 0 Å². The zero-order valence-corrected chi connectivity index (χ0v) is 15.5. The Hall–Kier alpha value is -3.04. The summed E-state index contributed by atoms with van der Waals surface area (Å²) in [5.74, 6) is -0.515. The van der Waals surface area contributed by atoms with Gasteiger partial charge in [-0.3, -0.25) is 9.59 Å². The van der Waals surface area contributed by atoms with Crippen molar-refractivity contribution < 1.29 is 13.2 Å². The number of carbonyl (C=O) groups is 1. The number of sulfonamides is 1. The molecule has 9 heteroatoms. The molecule has 0 saturated carbocycles. The summed E-state index contributed by atoms with van der Waals surface area (Å²) in [6.45, 7) is 3.46. The molecule has 1 aromatic heterocycles. The molecule has 2 aromatic carbocycles. The Balaban J connectivity index is 1.86. The second kappa shape index (κ2) is 7.29. The fourth-order valence-electron chi connectivity index (χ4n) is 2.57. The number of aromatic nitrogens is 2. The van der Waals surface area contributed by atoms with E-state index < -0.39 is 15.9 Å². The number of hydrogen-bond acceptors (Lipinski definition) is 5. The van der Waals surface area contributed by atoms with Crippen LogP contribution in [0.3, 0.4) is 0 Å². The lowest BCUT2D eigenvalue weighted by Crippen LogP contribution is -2.30. The highest BCUT2D eigenvalue weighted by molar-refractivity contribution is 7.89. The number of H-pyrrole nitrogens is 1. The number of hydrogen-bond donors (Lipinski definition) is 3. The maximum atomic E-state index is 12.5. The summed E-state index contributed by atoms with van der Waals surface area (Å²) in [7, 11) is -3.61. The lowest BCUT2D eigenvalue weighted by Gasteiger charge is -2.10. The van der Waals surface area contributed by atoms with Gasteiger partial charge in [-0.2, -0.15) is 5.10 Å². The lowest BCUT2D eigenvalue weighted by atomic mass is 10.1. The third kappa shape index (κ3) is 4.04. The van der Waals surface area contributed by atoms with Crippen molar-refractivity contribution in [1.29, 1.82) is 0 Å². The first kappa shape index (κ1) is 18.7. The molecule has 0 radical (unpaired) electrons. The number of anilines is 1. The molecule has 0 unspecified atom stereocenters. The maximum Gasteiger partial charge on any atom is 0.276 e. The van der Waals surface area contributed by atoms with Crippen molar-refractivity contribution in [2.24, 2.45) is 0 Å². The zero-order chi connectivity index (χ0) is 19.6. The second-order valence-corrected chi connectivity index (χ2v) is 7.92. The van der Waals surface area contributed by atoms with Crippen LogP contribution in [0.25, 0.3) is 10.8 Å². The molecular weight excluding hydrogens is 368 g/mol. The molecule has 0 bridgehead atoms. The van der Waals surface area contributed by atoms with Crippen LogP contribution in [0.4, 0.5) is 5.69 Å². The van der Waals surface area contributed by atoms with Crippen molar-refractivity contribution in [2.45, 2.75) is 24.8 Å². The van der Waals surface area contributed by atoms with E-state index in [0.29, 0.717) is 16.5 Å². The van der Waals surface area contributed by atoms with Gasteiger partial charge in [-0.05, 0) is 44.2 Å². The van der Waals surface area contributed by atoms with Crippen molar-refractivity contribution >= 4 is 32.4 Å². The Morgan fingerprint density at radius 3 is 2.30 bits per heavy atom. The zero-order valence-electron chi connectivity index (χ0n) is 14.7. The molecule has 140 valence electrons. The molecule has 0 saturated heterocycles. The Morgan fingerprint density at radius 2 is 1.67 bits per heavy atom. The largest absolute Gasteiger partial charge is 0.321 e. The summed E-state index contributed by atoms with van der Waals surface area (Å²) < 4.78 is 26.8. The molecule has 27 heavy (non-hydrogen) atoms. The molecule has 3 aromatic rings. The molecule has 0 atom stereocenters. The molecule has 1 heterocycles. The minimum Gasteiger partial charge on any atom is -0.321 e. The molecule has 0 aliphatic carbocycles. The third-order valence-corrected chi connectivity index (χ3v) is 5.40. The highest BCUT2D eigenvalue weighted by Crippen LogP contribution is 2.17. The van der Waals surface area contributed by atoms with E-state index >= 15 is 0 Å². The monoisotopic (exact) mass is 386 g/mol. The van der Waals surface area contributed by atoms with Crippen LogP contribution in [0, 0.1) is 0 Å². The van der Waals surface area contributed by atoms with Crippen molar-refractivity contribution in [3.63, 3.8) is 0 Å². The van der Waals surface area contributed by atoms with Gasteiger partial charge in [0.1, 0.15) is 0 Å². The smallest absolute Gasteiger partial charge is 0.276 e. The fraction of sp³-hybridized carbons (Fsp3) is 0.167. The minimum atomic E-state index is -3.61. The van der Waals surface area contributed by atoms with Gasteiger partial charge in [0.05, 0.1) is 10.3 Å². The normalized spacial score (nSPS) is 11.7. The van der Waals surface area contributed by atoms with Gasteiger partial charge in [0, 0.05) is 17.1 Å². The number of amides is 1. The van der Waals surface area contributed by atoms with Crippen LogP contribution in [0.1, 0.15) is 24.3 Å². The van der Waals surface area contributed by atoms with Gasteiger partial charge in [0.15, 0.2) is 5.69 Å². The first-order valence-electron chi connectivity index (χ1n) is 8.19. The molecule has 0 spiro atoms. The van der Waals surface area contributed by atoms with E-state index in [1.54, 1.807) is 38.1 Å². The van der Waals surface area contributed by atoms with E-state index in [2.05, 4.69) is 20.2 Å². The lowest BCUT2D eigenvalue weighted by molar-refractivity contribution is 0.102. The standard InChI is InChI=1S/C18H18N4O4S/c1-11(2)22-27(25,26)13-9-7-12(8-10-13)19-18(24)16-14-5-3-4-6-15(14)17(23)21-20-16/h3-11,22H,1-2H3,(H,19,24)(H,21,23). The minimum absolute atomic E-state index is 0.0726. The van der Waals surface area contributed by atoms with Crippen LogP contribution in [0.2, 0.25) is 0 Å². The predicted molar refractivity (Wildman–Crippen MR) is 102 cm³/mol. The average molecular weight is 386 g/mol. The van der Waals surface area contributed by atoms with Gasteiger partial charge in [0.2, 0.25) is 10.0 Å². The summed E-state index contributed by atoms with van der Waals surface area (Å²) in [6, 6.07) is 12.2. The van der Waals surface area contributed by atoms with Gasteiger partial charge >= 0.3 is 0 Å². The Labute approximate surface area is 155 Å². The Bertz CT molecular complexity index is 1150. The summed E-state index contributed by atoms with van der Waals surface area (Å²) in [4.78, 5) is 24.4. The summed E-state index contributed by atoms with van der Waals surface area (Å²) in [6.07, 6.45) is 0. The van der Waals surface area contributed by atoms with Crippen LogP contribution in [0.5, 0.6) is 0 Å². The van der Waals surface area contributed by atoms with Crippen LogP contribution in [-0.2, 0) is 10.0 Å². The molecule has 1 amide bonds. The second-order valence-electron chi connectivity index (χ2n) is 6.20. The van der Waals surface area contributed by atoms with E-state index in [4.69, 9.17) is 0 Å². The van der Waals surface area contributed by atoms with E-state index in [1.807, 2.05) is 0 Å². The van der Waals surface area contributed by atoms with Crippen molar-refractivity contribution in [3.05, 3.63) is 64.6 Å². The van der Waals surface area contributed by atoms with Gasteiger partial charge in [-0.25, -0.2) is 18.2 Å². The number of nitrogens with zero attached hydrogens (tertiary/aromatic N) is 1. The molecule has 0 aliphatic heterocycles. The Kier molecular flexibility index (Phi) is 5.06. The van der Waals surface area contributed by atoms with Gasteiger partial charge < -0.3 is 5.32 Å². The molecule has 0 fully saturated rings. The number of rotatable bonds is 5. The first-order chi connectivity index (χ1) is 12.8. The quantitative estimate of drug-likeness (QED) is 0.618. The molecule has 0 aliphatic rings. The number of nitrogens with one attached hydrogen (secondary N) is 3. The van der Waals surface area contributed by atoms with Crippen LogP contribution < -0.4 is 15.6 Å². The average Bonchev–Trinajstić information content (AvgIpc) is 2.61. The third-order valence-electron chi connectivity index (χ3n) is 3.72. The van der Waals surface area contributed by atoms with Crippen LogP contribution in [0.15, 0.2) is 58.2 Å². The van der Waals surface area contributed by atoms with Gasteiger partial charge in [-0.15, -0.1) is 0 Å².